The number of H-pyrrole nitrogens is 1. The molecule has 0 spiro atoms. The van der Waals surface area contributed by atoms with Crippen LogP contribution in [0.15, 0.2) is 41.3 Å². The fourth-order valence-electron chi connectivity index (χ4n) is 1.92. The SMILES string of the molecule is CN(Cc1cccc(F)c1)C(=O)c1cc([N+](=O)[O-])c[nH]c1=O. The largest absolute Gasteiger partial charge is 0.337 e. The highest BCUT2D eigenvalue weighted by Gasteiger charge is 2.19. The minimum absolute atomic E-state index is 0.0682. The van der Waals surface area contributed by atoms with Gasteiger partial charge in [-0.25, -0.2) is 4.39 Å². The minimum Gasteiger partial charge on any atom is -0.337 e. The number of hydrogen-bond donors (Lipinski definition) is 1. The highest BCUT2D eigenvalue weighted by molar-refractivity contribution is 5.94. The van der Waals surface area contributed by atoms with E-state index in [1.807, 2.05) is 0 Å². The van der Waals surface area contributed by atoms with Crippen molar-refractivity contribution in [3.63, 3.8) is 0 Å². The van der Waals surface area contributed by atoms with E-state index >= 15 is 0 Å². The summed E-state index contributed by atoms with van der Waals surface area (Å²) in [6.07, 6.45) is 0.922. The van der Waals surface area contributed by atoms with E-state index in [1.165, 1.54) is 30.1 Å². The van der Waals surface area contributed by atoms with E-state index in [1.54, 1.807) is 6.07 Å². The van der Waals surface area contributed by atoms with Crippen molar-refractivity contribution >= 4 is 11.6 Å². The number of pyridine rings is 1. The quantitative estimate of drug-likeness (QED) is 0.686. The normalized spacial score (nSPS) is 10.3. The highest BCUT2D eigenvalue weighted by atomic mass is 19.1. The molecule has 0 saturated carbocycles. The van der Waals surface area contributed by atoms with E-state index in [2.05, 4.69) is 4.98 Å². The molecule has 0 aliphatic carbocycles. The van der Waals surface area contributed by atoms with Crippen molar-refractivity contribution in [1.29, 1.82) is 0 Å². The molecule has 2 rings (SSSR count). The van der Waals surface area contributed by atoms with Gasteiger partial charge in [0.25, 0.3) is 17.2 Å². The van der Waals surface area contributed by atoms with Gasteiger partial charge in [-0.15, -0.1) is 0 Å². The summed E-state index contributed by atoms with van der Waals surface area (Å²) >= 11 is 0. The van der Waals surface area contributed by atoms with Gasteiger partial charge in [0.05, 0.1) is 11.1 Å². The summed E-state index contributed by atoms with van der Waals surface area (Å²) in [5.41, 5.74) is -0.908. The summed E-state index contributed by atoms with van der Waals surface area (Å²) in [4.78, 5) is 37.2. The van der Waals surface area contributed by atoms with Gasteiger partial charge in [-0.05, 0) is 17.7 Å². The summed E-state index contributed by atoms with van der Waals surface area (Å²) in [6, 6.07) is 6.59. The lowest BCUT2D eigenvalue weighted by Gasteiger charge is -2.16. The number of nitro groups is 1. The molecule has 7 nitrogen and oxygen atoms in total. The molecule has 0 radical (unpaired) electrons. The molecule has 1 N–H and O–H groups in total. The first-order chi connectivity index (χ1) is 10.4. The summed E-state index contributed by atoms with van der Waals surface area (Å²) in [5, 5.41) is 10.7. The second kappa shape index (κ2) is 6.17. The molecule has 0 saturated heterocycles. The number of carbonyl (C=O) groups excluding carboxylic acids is 1. The molecule has 22 heavy (non-hydrogen) atoms. The molecule has 114 valence electrons. The Bertz CT molecular complexity index is 788. The van der Waals surface area contributed by atoms with Crippen molar-refractivity contribution in [3.8, 4) is 0 Å². The molecular formula is C14H12FN3O4. The first kappa shape index (κ1) is 15.4. The van der Waals surface area contributed by atoms with Gasteiger partial charge in [0.2, 0.25) is 0 Å². The van der Waals surface area contributed by atoms with Crippen LogP contribution in [0.3, 0.4) is 0 Å². The summed E-state index contributed by atoms with van der Waals surface area (Å²) in [5.74, 6) is -1.12. The Morgan fingerprint density at radius 2 is 2.14 bits per heavy atom. The Morgan fingerprint density at radius 1 is 1.41 bits per heavy atom. The molecule has 1 aromatic heterocycles. The van der Waals surface area contributed by atoms with E-state index in [4.69, 9.17) is 0 Å². The van der Waals surface area contributed by atoms with Crippen LogP contribution in [-0.2, 0) is 6.54 Å². The number of halogens is 1. The third-order valence-electron chi connectivity index (χ3n) is 2.98. The van der Waals surface area contributed by atoms with Crippen LogP contribution >= 0.6 is 0 Å². The van der Waals surface area contributed by atoms with E-state index < -0.39 is 22.2 Å². The van der Waals surface area contributed by atoms with Gasteiger partial charge in [-0.2, -0.15) is 0 Å². The van der Waals surface area contributed by atoms with Crippen molar-refractivity contribution in [2.24, 2.45) is 0 Å². The number of nitrogens with zero attached hydrogens (tertiary/aromatic N) is 2. The number of carbonyl (C=O) groups is 1. The zero-order valence-corrected chi connectivity index (χ0v) is 11.6. The Kier molecular flexibility index (Phi) is 4.31. The van der Waals surface area contributed by atoms with Crippen LogP contribution in [0.5, 0.6) is 0 Å². The Hall–Kier alpha value is -3.03. The van der Waals surface area contributed by atoms with E-state index in [0.717, 1.165) is 12.3 Å². The first-order valence-corrected chi connectivity index (χ1v) is 6.25. The molecule has 0 aliphatic heterocycles. The number of aromatic nitrogens is 1. The summed E-state index contributed by atoms with van der Waals surface area (Å²) in [6.45, 7) is 0.0682. The van der Waals surface area contributed by atoms with Gasteiger partial charge in [0.1, 0.15) is 11.4 Å². The van der Waals surface area contributed by atoms with Crippen molar-refractivity contribution < 1.29 is 14.1 Å². The van der Waals surface area contributed by atoms with Crippen LogP contribution in [0.25, 0.3) is 0 Å². The molecule has 1 heterocycles. The third kappa shape index (κ3) is 3.35. The number of benzene rings is 1. The average Bonchev–Trinajstić information content (AvgIpc) is 2.46. The number of hydrogen-bond acceptors (Lipinski definition) is 4. The van der Waals surface area contributed by atoms with E-state index in [-0.39, 0.29) is 17.8 Å². The van der Waals surface area contributed by atoms with Crippen LogP contribution in [0, 0.1) is 15.9 Å². The Labute approximate surface area is 124 Å². The number of nitrogens with one attached hydrogen (secondary N) is 1. The monoisotopic (exact) mass is 305 g/mol. The molecular weight excluding hydrogens is 293 g/mol. The van der Waals surface area contributed by atoms with Crippen molar-refractivity contribution in [2.45, 2.75) is 6.54 Å². The highest BCUT2D eigenvalue weighted by Crippen LogP contribution is 2.12. The van der Waals surface area contributed by atoms with Crippen molar-refractivity contribution in [2.75, 3.05) is 7.05 Å². The number of amides is 1. The predicted molar refractivity (Wildman–Crippen MR) is 75.9 cm³/mol. The summed E-state index contributed by atoms with van der Waals surface area (Å²) in [7, 11) is 1.42. The average molecular weight is 305 g/mol. The van der Waals surface area contributed by atoms with Crippen molar-refractivity contribution in [1.82, 2.24) is 9.88 Å². The lowest BCUT2D eigenvalue weighted by molar-refractivity contribution is -0.385. The topological polar surface area (TPSA) is 96.3 Å². The fraction of sp³-hybridized carbons (Fsp3) is 0.143. The summed E-state index contributed by atoms with van der Waals surface area (Å²) < 4.78 is 13.1. The molecule has 1 amide bonds. The molecule has 0 bridgehead atoms. The minimum atomic E-state index is -0.721. The standard InChI is InChI=1S/C14H12FN3O4/c1-17(8-9-3-2-4-10(15)5-9)14(20)12-6-11(18(21)22)7-16-13(12)19/h2-7H,8H2,1H3,(H,16,19). The van der Waals surface area contributed by atoms with Crippen LogP contribution < -0.4 is 5.56 Å². The molecule has 0 fully saturated rings. The fourth-order valence-corrected chi connectivity index (χ4v) is 1.92. The van der Waals surface area contributed by atoms with Crippen LogP contribution in [0.4, 0.5) is 10.1 Å². The number of rotatable bonds is 4. The predicted octanol–water partition coefficient (Wildman–Crippen LogP) is 1.69. The van der Waals surface area contributed by atoms with Gasteiger partial charge in [-0.3, -0.25) is 19.7 Å². The lowest BCUT2D eigenvalue weighted by Crippen LogP contribution is -2.31. The second-order valence-corrected chi connectivity index (χ2v) is 4.65. The second-order valence-electron chi connectivity index (χ2n) is 4.65. The molecule has 0 aliphatic rings. The zero-order chi connectivity index (χ0) is 16.3. The van der Waals surface area contributed by atoms with Gasteiger partial charge in [-0.1, -0.05) is 12.1 Å². The van der Waals surface area contributed by atoms with Gasteiger partial charge in [0, 0.05) is 19.7 Å². The maximum Gasteiger partial charge on any atom is 0.286 e. The maximum absolute atomic E-state index is 13.1. The van der Waals surface area contributed by atoms with Gasteiger partial charge >= 0.3 is 0 Å². The maximum atomic E-state index is 13.1. The van der Waals surface area contributed by atoms with E-state index in [9.17, 15) is 24.1 Å². The van der Waals surface area contributed by atoms with Crippen LogP contribution in [0.1, 0.15) is 15.9 Å². The smallest absolute Gasteiger partial charge is 0.286 e. The Morgan fingerprint density at radius 3 is 2.77 bits per heavy atom. The van der Waals surface area contributed by atoms with Crippen LogP contribution in [-0.4, -0.2) is 27.8 Å². The number of aromatic amines is 1. The van der Waals surface area contributed by atoms with Gasteiger partial charge < -0.3 is 9.88 Å². The molecule has 0 unspecified atom stereocenters. The Balaban J connectivity index is 2.25. The molecule has 0 atom stereocenters. The lowest BCUT2D eigenvalue weighted by atomic mass is 10.2. The van der Waals surface area contributed by atoms with Crippen LogP contribution in [0.2, 0.25) is 0 Å². The van der Waals surface area contributed by atoms with E-state index in [0.29, 0.717) is 5.56 Å². The third-order valence-corrected chi connectivity index (χ3v) is 2.98. The molecule has 2 aromatic rings. The molecule has 8 heteroatoms. The van der Waals surface area contributed by atoms with Crippen molar-refractivity contribution in [3.05, 3.63) is 73.9 Å². The zero-order valence-electron chi connectivity index (χ0n) is 11.6. The molecule has 1 aromatic carbocycles. The van der Waals surface area contributed by atoms with Gasteiger partial charge in [0.15, 0.2) is 0 Å². The first-order valence-electron chi connectivity index (χ1n) is 6.25.